The highest BCUT2D eigenvalue weighted by Crippen LogP contribution is 2.30. The van der Waals surface area contributed by atoms with Crippen molar-refractivity contribution in [1.29, 1.82) is 0 Å². The number of nitrogens with two attached hydrogens (primary N) is 1. The van der Waals surface area contributed by atoms with Crippen LogP contribution < -0.4 is 11.1 Å². The van der Waals surface area contributed by atoms with E-state index < -0.39 is 6.04 Å². The van der Waals surface area contributed by atoms with E-state index >= 15 is 0 Å². The maximum absolute atomic E-state index is 12.0. The first-order valence-corrected chi connectivity index (χ1v) is 8.00. The molecule has 22 heavy (non-hydrogen) atoms. The molecule has 7 heteroatoms. The first-order chi connectivity index (χ1) is 9.97. The van der Waals surface area contributed by atoms with Crippen LogP contribution in [0.2, 0.25) is 5.02 Å². The molecular formula is C15H19Cl2N3OS. The van der Waals surface area contributed by atoms with E-state index in [1.54, 1.807) is 0 Å². The molecule has 0 saturated heterocycles. The van der Waals surface area contributed by atoms with Crippen LogP contribution in [0, 0.1) is 5.92 Å². The first-order valence-electron chi connectivity index (χ1n) is 6.74. The monoisotopic (exact) mass is 359 g/mol. The molecule has 1 aromatic carbocycles. The number of thiazole rings is 1. The molecule has 0 fully saturated rings. The second-order valence-electron chi connectivity index (χ2n) is 5.24. The number of nitrogens with one attached hydrogen (secondary N) is 1. The molecule has 0 aliphatic rings. The van der Waals surface area contributed by atoms with Crippen LogP contribution in [-0.2, 0) is 4.79 Å². The second-order valence-corrected chi connectivity index (χ2v) is 6.51. The standard InChI is InChI=1S/C15H18ClN3OS.ClH/c1-9(2)7-12(17)14(20)19-15-18-13(8-21-15)10-5-3-4-6-11(10)16;/h3-6,8-9,12H,7,17H2,1-2H3,(H,18,19,20);1H/t12-;/m0./s1. The average molecular weight is 360 g/mol. The van der Waals surface area contributed by atoms with E-state index in [-0.39, 0.29) is 18.3 Å². The predicted molar refractivity (Wildman–Crippen MR) is 95.9 cm³/mol. The smallest absolute Gasteiger partial charge is 0.243 e. The highest BCUT2D eigenvalue weighted by molar-refractivity contribution is 7.14. The van der Waals surface area contributed by atoms with Crippen molar-refractivity contribution in [1.82, 2.24) is 4.98 Å². The summed E-state index contributed by atoms with van der Waals surface area (Å²) >= 11 is 7.50. The van der Waals surface area contributed by atoms with Gasteiger partial charge in [-0.3, -0.25) is 4.79 Å². The number of benzene rings is 1. The molecule has 0 unspecified atom stereocenters. The molecule has 120 valence electrons. The summed E-state index contributed by atoms with van der Waals surface area (Å²) in [6, 6.07) is 6.96. The SMILES string of the molecule is CC(C)C[C@H](N)C(=O)Nc1nc(-c2ccccc2Cl)cs1.Cl. The van der Waals surface area contributed by atoms with Crippen molar-refractivity contribution in [2.24, 2.45) is 11.7 Å². The van der Waals surface area contributed by atoms with E-state index in [2.05, 4.69) is 10.3 Å². The fraction of sp³-hybridized carbons (Fsp3) is 0.333. The maximum atomic E-state index is 12.0. The molecule has 0 bridgehead atoms. The summed E-state index contributed by atoms with van der Waals surface area (Å²) in [7, 11) is 0. The van der Waals surface area contributed by atoms with Gasteiger partial charge in [-0.2, -0.15) is 0 Å². The summed E-state index contributed by atoms with van der Waals surface area (Å²) in [5, 5.41) is 5.80. The van der Waals surface area contributed by atoms with E-state index in [1.165, 1.54) is 11.3 Å². The Kier molecular flexibility index (Phi) is 7.29. The van der Waals surface area contributed by atoms with Crippen LogP contribution >= 0.6 is 35.3 Å². The minimum Gasteiger partial charge on any atom is -0.320 e. The number of hydrogen-bond donors (Lipinski definition) is 2. The molecule has 0 saturated carbocycles. The lowest BCUT2D eigenvalue weighted by atomic mass is 10.0. The Morgan fingerprint density at radius 2 is 2.09 bits per heavy atom. The van der Waals surface area contributed by atoms with Crippen molar-refractivity contribution in [2.75, 3.05) is 5.32 Å². The third-order valence-electron chi connectivity index (χ3n) is 2.95. The van der Waals surface area contributed by atoms with Gasteiger partial charge in [0, 0.05) is 16.0 Å². The Morgan fingerprint density at radius 1 is 1.41 bits per heavy atom. The molecule has 2 aromatic rings. The van der Waals surface area contributed by atoms with Gasteiger partial charge in [0.05, 0.1) is 11.7 Å². The summed E-state index contributed by atoms with van der Waals surface area (Å²) in [5.74, 6) is 0.171. The highest BCUT2D eigenvalue weighted by Gasteiger charge is 2.17. The fourth-order valence-corrected chi connectivity index (χ4v) is 2.88. The number of aromatic nitrogens is 1. The zero-order chi connectivity index (χ0) is 15.4. The second kappa shape index (κ2) is 8.48. The molecule has 0 spiro atoms. The Bertz CT molecular complexity index is 631. The molecule has 1 amide bonds. The quantitative estimate of drug-likeness (QED) is 0.840. The summed E-state index contributed by atoms with van der Waals surface area (Å²) in [4.78, 5) is 16.4. The lowest BCUT2D eigenvalue weighted by molar-refractivity contribution is -0.117. The molecule has 0 aliphatic heterocycles. The van der Waals surface area contributed by atoms with Crippen LogP contribution in [0.4, 0.5) is 5.13 Å². The minimum atomic E-state index is -0.516. The van der Waals surface area contributed by atoms with E-state index in [1.807, 2.05) is 43.5 Å². The number of rotatable bonds is 5. The zero-order valence-corrected chi connectivity index (χ0v) is 14.8. The van der Waals surface area contributed by atoms with Gasteiger partial charge in [0.2, 0.25) is 5.91 Å². The number of carbonyl (C=O) groups is 1. The van der Waals surface area contributed by atoms with Crippen molar-refractivity contribution in [3.63, 3.8) is 0 Å². The van der Waals surface area contributed by atoms with Crippen molar-refractivity contribution < 1.29 is 4.79 Å². The van der Waals surface area contributed by atoms with Gasteiger partial charge < -0.3 is 11.1 Å². The van der Waals surface area contributed by atoms with Crippen LogP contribution in [0.25, 0.3) is 11.3 Å². The van der Waals surface area contributed by atoms with Crippen molar-refractivity contribution in [3.05, 3.63) is 34.7 Å². The molecule has 0 aliphatic carbocycles. The van der Waals surface area contributed by atoms with Crippen molar-refractivity contribution in [3.8, 4) is 11.3 Å². The van der Waals surface area contributed by atoms with Crippen LogP contribution in [0.1, 0.15) is 20.3 Å². The Balaban J connectivity index is 0.00000242. The lowest BCUT2D eigenvalue weighted by Gasteiger charge is -2.12. The lowest BCUT2D eigenvalue weighted by Crippen LogP contribution is -2.36. The molecule has 4 nitrogen and oxygen atoms in total. The van der Waals surface area contributed by atoms with Crippen molar-refractivity contribution in [2.45, 2.75) is 26.3 Å². The predicted octanol–water partition coefficient (Wildman–Crippen LogP) is 4.20. The van der Waals surface area contributed by atoms with Crippen molar-refractivity contribution >= 4 is 46.4 Å². The number of carbonyl (C=O) groups excluding carboxylic acids is 1. The fourth-order valence-electron chi connectivity index (χ4n) is 1.94. The van der Waals surface area contributed by atoms with Gasteiger partial charge in [0.25, 0.3) is 0 Å². The summed E-state index contributed by atoms with van der Waals surface area (Å²) in [5.41, 5.74) is 7.45. The molecule has 3 N–H and O–H groups in total. The largest absolute Gasteiger partial charge is 0.320 e. The van der Waals surface area contributed by atoms with Crippen LogP contribution in [0.5, 0.6) is 0 Å². The van der Waals surface area contributed by atoms with Crippen LogP contribution in [0.3, 0.4) is 0 Å². The van der Waals surface area contributed by atoms with Gasteiger partial charge in [0.15, 0.2) is 5.13 Å². The Morgan fingerprint density at radius 3 is 2.73 bits per heavy atom. The van der Waals surface area contributed by atoms with Gasteiger partial charge in [-0.05, 0) is 18.4 Å². The Labute approximate surface area is 145 Å². The van der Waals surface area contributed by atoms with Gasteiger partial charge >= 0.3 is 0 Å². The van der Waals surface area contributed by atoms with Gasteiger partial charge in [0.1, 0.15) is 0 Å². The third kappa shape index (κ3) is 4.95. The van der Waals surface area contributed by atoms with E-state index in [9.17, 15) is 4.79 Å². The molecule has 2 rings (SSSR count). The molecule has 0 radical (unpaired) electrons. The van der Waals surface area contributed by atoms with E-state index in [4.69, 9.17) is 17.3 Å². The van der Waals surface area contributed by atoms with Gasteiger partial charge in [-0.15, -0.1) is 23.7 Å². The van der Waals surface area contributed by atoms with E-state index in [0.717, 1.165) is 11.3 Å². The first kappa shape index (κ1) is 18.9. The molecule has 1 aromatic heterocycles. The number of halogens is 2. The van der Waals surface area contributed by atoms with Crippen LogP contribution in [0.15, 0.2) is 29.6 Å². The number of hydrogen-bond acceptors (Lipinski definition) is 4. The third-order valence-corrected chi connectivity index (χ3v) is 4.03. The molecule has 1 atom stereocenters. The van der Waals surface area contributed by atoms with E-state index in [0.29, 0.717) is 22.5 Å². The normalized spacial score (nSPS) is 11.9. The maximum Gasteiger partial charge on any atom is 0.243 e. The average Bonchev–Trinajstić information content (AvgIpc) is 2.86. The van der Waals surface area contributed by atoms with Gasteiger partial charge in [-0.1, -0.05) is 43.6 Å². The molecule has 1 heterocycles. The number of anilines is 1. The number of amides is 1. The zero-order valence-electron chi connectivity index (χ0n) is 12.4. The summed E-state index contributed by atoms with van der Waals surface area (Å²) < 4.78 is 0. The molecular weight excluding hydrogens is 341 g/mol. The highest BCUT2D eigenvalue weighted by atomic mass is 35.5. The minimum absolute atomic E-state index is 0. The Hall–Kier alpha value is -1.14. The summed E-state index contributed by atoms with van der Waals surface area (Å²) in [6.45, 7) is 4.07. The van der Waals surface area contributed by atoms with Crippen LogP contribution in [-0.4, -0.2) is 16.9 Å². The summed E-state index contributed by atoms with van der Waals surface area (Å²) in [6.07, 6.45) is 0.647. The topological polar surface area (TPSA) is 68.0 Å². The number of nitrogens with zero attached hydrogens (tertiary/aromatic N) is 1. The van der Waals surface area contributed by atoms with Gasteiger partial charge in [-0.25, -0.2) is 4.98 Å².